The maximum Gasteiger partial charge on any atom is 0.339 e. The monoisotopic (exact) mass is 494 g/mol. The van der Waals surface area contributed by atoms with Gasteiger partial charge in [-0.25, -0.2) is 4.79 Å². The number of thiophene rings is 1. The predicted molar refractivity (Wildman–Crippen MR) is 115 cm³/mol. The van der Waals surface area contributed by atoms with Crippen molar-refractivity contribution in [2.45, 2.75) is 51.5 Å². The molecule has 3 rings (SSSR count). The third-order valence-corrected chi connectivity index (χ3v) is 5.76. The van der Waals surface area contributed by atoms with Crippen LogP contribution in [-0.4, -0.2) is 68.0 Å². The zero-order valence-electron chi connectivity index (χ0n) is 18.7. The Labute approximate surface area is 197 Å². The Kier molecular flexibility index (Phi) is 7.84. The highest BCUT2D eigenvalue weighted by Crippen LogP contribution is 2.36. The van der Waals surface area contributed by atoms with Gasteiger partial charge in [-0.2, -0.15) is 0 Å². The quantitative estimate of drug-likeness (QED) is 0.316. The SMILES string of the molecule is COC(=O)[C@H]1O[C@@H](Oc2cccc3sc(C=O)cc23)[C@H](OC(C)=O)[C@@H](OC(C)=O)[C@@H]1OC(C)=O. The molecular weight excluding hydrogens is 472 g/mol. The highest BCUT2D eigenvalue weighted by molar-refractivity contribution is 7.20. The van der Waals surface area contributed by atoms with Gasteiger partial charge in [-0.05, 0) is 18.2 Å². The van der Waals surface area contributed by atoms with E-state index < -0.39 is 54.6 Å². The lowest BCUT2D eigenvalue weighted by Crippen LogP contribution is -2.64. The van der Waals surface area contributed by atoms with E-state index in [0.717, 1.165) is 32.6 Å². The fourth-order valence-corrected chi connectivity index (χ4v) is 4.41. The molecule has 0 N–H and O–H groups in total. The molecule has 1 aliphatic heterocycles. The summed E-state index contributed by atoms with van der Waals surface area (Å²) in [4.78, 5) is 59.7. The molecule has 0 radical (unpaired) electrons. The molecule has 5 atom stereocenters. The van der Waals surface area contributed by atoms with Crippen LogP contribution in [0.3, 0.4) is 0 Å². The van der Waals surface area contributed by atoms with Gasteiger partial charge in [0.15, 0.2) is 24.6 Å². The van der Waals surface area contributed by atoms with E-state index in [0.29, 0.717) is 16.5 Å². The second-order valence-corrected chi connectivity index (χ2v) is 8.34. The zero-order chi connectivity index (χ0) is 25.0. The minimum absolute atomic E-state index is 0.250. The predicted octanol–water partition coefficient (Wildman–Crippen LogP) is 1.79. The van der Waals surface area contributed by atoms with Crippen molar-refractivity contribution in [3.63, 3.8) is 0 Å². The maximum atomic E-state index is 12.5. The molecule has 0 unspecified atom stereocenters. The number of methoxy groups -OCH3 is 1. The summed E-state index contributed by atoms with van der Waals surface area (Å²) in [7, 11) is 1.10. The minimum atomic E-state index is -1.57. The van der Waals surface area contributed by atoms with Crippen molar-refractivity contribution < 1.29 is 52.4 Å². The molecular formula is C22H22O11S. The summed E-state index contributed by atoms with van der Waals surface area (Å²) >= 11 is 1.23. The smallest absolute Gasteiger partial charge is 0.339 e. The number of carbonyl (C=O) groups is 5. The van der Waals surface area contributed by atoms with Gasteiger partial charge in [0, 0.05) is 30.9 Å². The second-order valence-electron chi connectivity index (χ2n) is 7.22. The van der Waals surface area contributed by atoms with Crippen molar-refractivity contribution in [2.24, 2.45) is 0 Å². The Balaban J connectivity index is 2.07. The Hall–Kier alpha value is -3.51. The number of ether oxygens (including phenoxy) is 6. The fraction of sp³-hybridized carbons (Fsp3) is 0.409. The number of rotatable bonds is 7. The number of aldehydes is 1. The Bertz CT molecular complexity index is 1110. The highest BCUT2D eigenvalue weighted by Gasteiger charge is 2.55. The van der Waals surface area contributed by atoms with Crippen LogP contribution in [0.15, 0.2) is 24.3 Å². The van der Waals surface area contributed by atoms with Gasteiger partial charge < -0.3 is 28.4 Å². The highest BCUT2D eigenvalue weighted by atomic mass is 32.1. The molecule has 1 aliphatic rings. The zero-order valence-corrected chi connectivity index (χ0v) is 19.5. The molecule has 2 heterocycles. The number of carbonyl (C=O) groups excluding carboxylic acids is 5. The van der Waals surface area contributed by atoms with Gasteiger partial charge in [0.25, 0.3) is 0 Å². The molecule has 0 amide bonds. The minimum Gasteiger partial charge on any atom is -0.467 e. The first-order chi connectivity index (χ1) is 16.1. The first-order valence-corrected chi connectivity index (χ1v) is 10.9. The molecule has 1 saturated heterocycles. The van der Waals surface area contributed by atoms with Crippen LogP contribution in [0.25, 0.3) is 10.1 Å². The van der Waals surface area contributed by atoms with Crippen LogP contribution in [0.5, 0.6) is 5.75 Å². The van der Waals surface area contributed by atoms with Crippen LogP contribution in [-0.2, 0) is 42.9 Å². The summed E-state index contributed by atoms with van der Waals surface area (Å²) in [5.41, 5.74) is 0. The van der Waals surface area contributed by atoms with Gasteiger partial charge >= 0.3 is 23.9 Å². The Morgan fingerprint density at radius 3 is 2.15 bits per heavy atom. The normalized spacial score (nSPS) is 24.1. The van der Waals surface area contributed by atoms with Gasteiger partial charge in [0.1, 0.15) is 5.75 Å². The van der Waals surface area contributed by atoms with Crippen LogP contribution in [0.1, 0.15) is 30.4 Å². The van der Waals surface area contributed by atoms with E-state index in [1.807, 2.05) is 0 Å². The standard InChI is InChI=1S/C22H22O11S/c1-10(24)29-17-18(30-11(2)25)20(31-12(3)26)22(33-19(17)21(27)28-4)32-15-6-5-7-16-14(15)8-13(9-23)34-16/h5-9,17-20,22H,1-4H3/t17-,18-,19-,20+,22+/m0/s1. The molecule has 12 heteroatoms. The molecule has 34 heavy (non-hydrogen) atoms. The molecule has 0 saturated carbocycles. The van der Waals surface area contributed by atoms with E-state index in [2.05, 4.69) is 0 Å². The van der Waals surface area contributed by atoms with Gasteiger partial charge in [-0.15, -0.1) is 11.3 Å². The van der Waals surface area contributed by atoms with Gasteiger partial charge in [-0.1, -0.05) is 6.07 Å². The number of fused-ring (bicyclic) bond motifs is 1. The lowest BCUT2D eigenvalue weighted by molar-refractivity contribution is -0.282. The maximum absolute atomic E-state index is 12.5. The first kappa shape index (κ1) is 25.1. The summed E-state index contributed by atoms with van der Waals surface area (Å²) in [6.07, 6.45) is -6.72. The van der Waals surface area contributed by atoms with E-state index in [4.69, 9.17) is 28.4 Å². The molecule has 0 aliphatic carbocycles. The van der Waals surface area contributed by atoms with Crippen molar-refractivity contribution in [1.29, 1.82) is 0 Å². The molecule has 1 aromatic carbocycles. The molecule has 182 valence electrons. The summed E-state index contributed by atoms with van der Waals surface area (Å²) in [6, 6.07) is 6.65. The third kappa shape index (κ3) is 5.51. The topological polar surface area (TPSA) is 141 Å². The largest absolute Gasteiger partial charge is 0.467 e. The van der Waals surface area contributed by atoms with E-state index in [-0.39, 0.29) is 5.75 Å². The van der Waals surface area contributed by atoms with Gasteiger partial charge in [0.05, 0.1) is 12.0 Å². The lowest BCUT2D eigenvalue weighted by atomic mass is 9.97. The molecule has 11 nitrogen and oxygen atoms in total. The molecule has 0 bridgehead atoms. The van der Waals surface area contributed by atoms with E-state index in [9.17, 15) is 24.0 Å². The van der Waals surface area contributed by atoms with Crippen molar-refractivity contribution >= 4 is 51.6 Å². The summed E-state index contributed by atoms with van der Waals surface area (Å²) in [6.45, 7) is 3.30. The van der Waals surface area contributed by atoms with E-state index >= 15 is 0 Å². The summed E-state index contributed by atoms with van der Waals surface area (Å²) < 4.78 is 33.1. The molecule has 1 fully saturated rings. The van der Waals surface area contributed by atoms with E-state index in [1.165, 1.54) is 11.3 Å². The average Bonchev–Trinajstić information content (AvgIpc) is 3.20. The van der Waals surface area contributed by atoms with Crippen molar-refractivity contribution in [3.05, 3.63) is 29.1 Å². The third-order valence-electron chi connectivity index (χ3n) is 4.73. The van der Waals surface area contributed by atoms with Crippen LogP contribution in [0.2, 0.25) is 0 Å². The second kappa shape index (κ2) is 10.6. The van der Waals surface area contributed by atoms with Gasteiger partial charge in [-0.3, -0.25) is 19.2 Å². The molecule has 1 aromatic heterocycles. The Morgan fingerprint density at radius 2 is 1.56 bits per heavy atom. The van der Waals surface area contributed by atoms with Crippen molar-refractivity contribution in [1.82, 2.24) is 0 Å². The van der Waals surface area contributed by atoms with Crippen LogP contribution < -0.4 is 4.74 Å². The first-order valence-electron chi connectivity index (χ1n) is 10.0. The van der Waals surface area contributed by atoms with Crippen molar-refractivity contribution in [2.75, 3.05) is 7.11 Å². The molecule has 2 aromatic rings. The number of esters is 4. The van der Waals surface area contributed by atoms with E-state index in [1.54, 1.807) is 24.3 Å². The van der Waals surface area contributed by atoms with Crippen LogP contribution in [0.4, 0.5) is 0 Å². The summed E-state index contributed by atoms with van der Waals surface area (Å²) in [5.74, 6) is -3.05. The average molecular weight is 494 g/mol. The molecule has 0 spiro atoms. The Morgan fingerprint density at radius 1 is 0.941 bits per heavy atom. The fourth-order valence-electron chi connectivity index (χ4n) is 3.51. The summed E-state index contributed by atoms with van der Waals surface area (Å²) in [5, 5.41) is 0.570. The lowest BCUT2D eigenvalue weighted by Gasteiger charge is -2.43. The van der Waals surface area contributed by atoms with Gasteiger partial charge in [0.2, 0.25) is 12.4 Å². The van der Waals surface area contributed by atoms with Crippen LogP contribution >= 0.6 is 11.3 Å². The number of hydrogen-bond donors (Lipinski definition) is 0. The number of hydrogen-bond acceptors (Lipinski definition) is 12. The number of benzene rings is 1. The van der Waals surface area contributed by atoms with Crippen molar-refractivity contribution in [3.8, 4) is 5.75 Å². The van der Waals surface area contributed by atoms with Crippen LogP contribution in [0, 0.1) is 0 Å².